The van der Waals surface area contributed by atoms with Crippen molar-refractivity contribution in [3.05, 3.63) is 52.8 Å². The Hall–Kier alpha value is -3.03. The molecule has 3 aromatic rings. The minimum atomic E-state index is -1.81. The summed E-state index contributed by atoms with van der Waals surface area (Å²) in [7, 11) is 0. The molecular weight excluding hydrogens is 385 g/mol. The van der Waals surface area contributed by atoms with E-state index in [2.05, 4.69) is 27.3 Å². The second-order valence-electron chi connectivity index (χ2n) is 8.49. The molecule has 1 amide bonds. The summed E-state index contributed by atoms with van der Waals surface area (Å²) in [6, 6.07) is 7.77. The summed E-state index contributed by atoms with van der Waals surface area (Å²) in [4.78, 5) is 18.8. The standard InChI is InChI=1S/C22H24FN5O2/c1-13-4-5-16(10-14(13)2)17-11-18(26-25-17)20(29)28-9-3-8-22(23,12-28)21-24-19(27-30-21)15-6-7-15/h4-5,10-11,15H,3,6-9,12H2,1-2H3,(H,25,26)/t22-/m0/s1. The quantitative estimate of drug-likeness (QED) is 0.702. The van der Waals surface area contributed by atoms with Crippen LogP contribution in [0.1, 0.15) is 64.9 Å². The molecular formula is C22H24FN5O2. The lowest BCUT2D eigenvalue weighted by Crippen LogP contribution is -2.46. The molecule has 0 unspecified atom stereocenters. The molecule has 8 heteroatoms. The van der Waals surface area contributed by atoms with Crippen molar-refractivity contribution < 1.29 is 13.7 Å². The molecule has 1 aliphatic carbocycles. The van der Waals surface area contributed by atoms with E-state index in [9.17, 15) is 4.79 Å². The van der Waals surface area contributed by atoms with Gasteiger partial charge in [-0.1, -0.05) is 17.3 Å². The zero-order valence-corrected chi connectivity index (χ0v) is 17.1. The zero-order chi connectivity index (χ0) is 20.9. The molecule has 5 rings (SSSR count). The number of piperidine rings is 1. The molecule has 1 saturated heterocycles. The van der Waals surface area contributed by atoms with Crippen LogP contribution in [0.15, 0.2) is 28.8 Å². The summed E-state index contributed by atoms with van der Waals surface area (Å²) in [5.41, 5.74) is 2.51. The van der Waals surface area contributed by atoms with Gasteiger partial charge in [-0.25, -0.2) is 4.39 Å². The molecule has 1 atom stereocenters. The van der Waals surface area contributed by atoms with Crippen LogP contribution >= 0.6 is 0 Å². The summed E-state index contributed by atoms with van der Waals surface area (Å²) in [5, 5.41) is 11.0. The van der Waals surface area contributed by atoms with E-state index in [-0.39, 0.29) is 24.8 Å². The lowest BCUT2D eigenvalue weighted by atomic mass is 9.94. The molecule has 1 N–H and O–H groups in total. The van der Waals surface area contributed by atoms with Crippen LogP contribution in [-0.4, -0.2) is 44.2 Å². The Labute approximate surface area is 173 Å². The van der Waals surface area contributed by atoms with Gasteiger partial charge in [0.25, 0.3) is 11.8 Å². The molecule has 0 bridgehead atoms. The van der Waals surface area contributed by atoms with Crippen LogP contribution in [0.4, 0.5) is 4.39 Å². The number of alkyl halides is 1. The van der Waals surface area contributed by atoms with Crippen molar-refractivity contribution in [3.8, 4) is 11.3 Å². The maximum Gasteiger partial charge on any atom is 0.272 e. The number of aromatic nitrogens is 4. The average Bonchev–Trinajstić information content (AvgIpc) is 3.26. The summed E-state index contributed by atoms with van der Waals surface area (Å²) in [6.45, 7) is 4.47. The largest absolute Gasteiger partial charge is 0.336 e. The van der Waals surface area contributed by atoms with Crippen LogP contribution in [0.2, 0.25) is 0 Å². The van der Waals surface area contributed by atoms with Crippen LogP contribution < -0.4 is 0 Å². The fourth-order valence-corrected chi connectivity index (χ4v) is 3.93. The van der Waals surface area contributed by atoms with Crippen molar-refractivity contribution >= 4 is 5.91 Å². The van der Waals surface area contributed by atoms with Crippen LogP contribution in [0.3, 0.4) is 0 Å². The molecule has 156 valence electrons. The van der Waals surface area contributed by atoms with Gasteiger partial charge in [0.2, 0.25) is 5.67 Å². The van der Waals surface area contributed by atoms with Crippen molar-refractivity contribution in [1.29, 1.82) is 0 Å². The number of nitrogens with zero attached hydrogens (tertiary/aromatic N) is 4. The number of likely N-dealkylation sites (tertiary alicyclic amines) is 1. The number of nitrogens with one attached hydrogen (secondary N) is 1. The van der Waals surface area contributed by atoms with E-state index >= 15 is 4.39 Å². The Morgan fingerprint density at radius 1 is 1.27 bits per heavy atom. The Morgan fingerprint density at radius 3 is 2.87 bits per heavy atom. The van der Waals surface area contributed by atoms with Crippen LogP contribution in [0, 0.1) is 13.8 Å². The van der Waals surface area contributed by atoms with Crippen molar-refractivity contribution in [2.45, 2.75) is 51.1 Å². The van der Waals surface area contributed by atoms with Crippen molar-refractivity contribution in [2.75, 3.05) is 13.1 Å². The van der Waals surface area contributed by atoms with Gasteiger partial charge in [0.1, 0.15) is 5.69 Å². The number of carbonyl (C=O) groups excluding carboxylic acids is 1. The van der Waals surface area contributed by atoms with Gasteiger partial charge in [-0.15, -0.1) is 0 Å². The van der Waals surface area contributed by atoms with Crippen molar-refractivity contribution in [2.24, 2.45) is 0 Å². The topological polar surface area (TPSA) is 87.9 Å². The van der Waals surface area contributed by atoms with Gasteiger partial charge < -0.3 is 9.42 Å². The lowest BCUT2D eigenvalue weighted by Gasteiger charge is -2.34. The number of aryl methyl sites for hydroxylation is 2. The Morgan fingerprint density at radius 2 is 2.10 bits per heavy atom. The lowest BCUT2D eigenvalue weighted by molar-refractivity contribution is 0.0149. The maximum atomic E-state index is 15.7. The second-order valence-corrected chi connectivity index (χ2v) is 8.49. The molecule has 0 spiro atoms. The first-order valence-corrected chi connectivity index (χ1v) is 10.4. The minimum absolute atomic E-state index is 0.0117. The summed E-state index contributed by atoms with van der Waals surface area (Å²) >= 11 is 0. The van der Waals surface area contributed by atoms with Gasteiger partial charge in [0.15, 0.2) is 5.82 Å². The van der Waals surface area contributed by atoms with Crippen LogP contribution in [0.5, 0.6) is 0 Å². The number of hydrogen-bond donors (Lipinski definition) is 1. The molecule has 7 nitrogen and oxygen atoms in total. The van der Waals surface area contributed by atoms with Crippen molar-refractivity contribution in [3.63, 3.8) is 0 Å². The molecule has 1 saturated carbocycles. The molecule has 1 aliphatic heterocycles. The fourth-order valence-electron chi connectivity index (χ4n) is 3.93. The third-order valence-corrected chi connectivity index (χ3v) is 6.11. The SMILES string of the molecule is Cc1ccc(-c2cc(C(=O)N3CCC[C@@](F)(c4nc(C5CC5)no4)C3)[nH]n2)cc1C. The number of carbonyl (C=O) groups is 1. The van der Waals surface area contributed by atoms with Gasteiger partial charge in [0.05, 0.1) is 12.2 Å². The number of benzene rings is 1. The van der Waals surface area contributed by atoms with Gasteiger partial charge in [-0.3, -0.25) is 9.89 Å². The smallest absolute Gasteiger partial charge is 0.272 e. The number of H-pyrrole nitrogens is 1. The third-order valence-electron chi connectivity index (χ3n) is 6.11. The van der Waals surface area contributed by atoms with Gasteiger partial charge in [0, 0.05) is 18.0 Å². The first kappa shape index (κ1) is 19.0. The molecule has 0 radical (unpaired) electrons. The number of halogens is 1. The van der Waals surface area contributed by atoms with E-state index in [1.165, 1.54) is 10.5 Å². The molecule has 30 heavy (non-hydrogen) atoms. The Balaban J connectivity index is 1.34. The van der Waals surface area contributed by atoms with Crippen LogP contribution in [0.25, 0.3) is 11.3 Å². The minimum Gasteiger partial charge on any atom is -0.336 e. The first-order valence-electron chi connectivity index (χ1n) is 10.4. The number of hydrogen-bond acceptors (Lipinski definition) is 5. The molecule has 1 aromatic carbocycles. The number of amides is 1. The monoisotopic (exact) mass is 409 g/mol. The molecule has 2 fully saturated rings. The molecule has 2 aromatic heterocycles. The fraction of sp³-hybridized carbons (Fsp3) is 0.455. The second kappa shape index (κ2) is 7.04. The highest BCUT2D eigenvalue weighted by Crippen LogP contribution is 2.41. The van der Waals surface area contributed by atoms with Gasteiger partial charge >= 0.3 is 0 Å². The molecule has 3 heterocycles. The summed E-state index contributed by atoms with van der Waals surface area (Å²) in [6.07, 6.45) is 2.83. The van der Waals surface area contributed by atoms with E-state index in [0.29, 0.717) is 36.1 Å². The highest BCUT2D eigenvalue weighted by Gasteiger charge is 2.45. The van der Waals surface area contributed by atoms with E-state index < -0.39 is 5.67 Å². The van der Waals surface area contributed by atoms with Gasteiger partial charge in [-0.05, 0) is 62.8 Å². The Bertz CT molecular complexity index is 1100. The summed E-state index contributed by atoms with van der Waals surface area (Å²) < 4.78 is 20.9. The summed E-state index contributed by atoms with van der Waals surface area (Å²) in [5.74, 6) is 0.585. The van der Waals surface area contributed by atoms with E-state index in [4.69, 9.17) is 4.52 Å². The first-order chi connectivity index (χ1) is 14.4. The van der Waals surface area contributed by atoms with E-state index in [1.807, 2.05) is 25.1 Å². The van der Waals surface area contributed by atoms with E-state index in [1.54, 1.807) is 6.07 Å². The predicted octanol–water partition coefficient (Wildman–Crippen LogP) is 4.05. The van der Waals surface area contributed by atoms with Gasteiger partial charge in [-0.2, -0.15) is 10.1 Å². The number of aromatic amines is 1. The molecule has 2 aliphatic rings. The van der Waals surface area contributed by atoms with Crippen molar-refractivity contribution in [1.82, 2.24) is 25.2 Å². The Kier molecular flexibility index (Phi) is 4.45. The highest BCUT2D eigenvalue weighted by molar-refractivity contribution is 5.93. The predicted molar refractivity (Wildman–Crippen MR) is 108 cm³/mol. The maximum absolute atomic E-state index is 15.7. The highest BCUT2D eigenvalue weighted by atomic mass is 19.1. The number of rotatable bonds is 4. The van der Waals surface area contributed by atoms with E-state index in [0.717, 1.165) is 24.0 Å². The average molecular weight is 409 g/mol. The normalized spacial score (nSPS) is 21.8. The third kappa shape index (κ3) is 3.40. The zero-order valence-electron chi connectivity index (χ0n) is 17.1. The van der Waals surface area contributed by atoms with Crippen LogP contribution in [-0.2, 0) is 5.67 Å².